The van der Waals surface area contributed by atoms with E-state index in [1.165, 1.54) is 16.6 Å². The van der Waals surface area contributed by atoms with Gasteiger partial charge in [0.25, 0.3) is 0 Å². The van der Waals surface area contributed by atoms with E-state index in [1.807, 2.05) is 14.0 Å². The highest BCUT2D eigenvalue weighted by Gasteiger charge is 1.98. The minimum absolute atomic E-state index is 1.14. The van der Waals surface area contributed by atoms with Crippen molar-refractivity contribution < 1.29 is 0 Å². The van der Waals surface area contributed by atoms with Gasteiger partial charge >= 0.3 is 0 Å². The van der Waals surface area contributed by atoms with Crippen LogP contribution in [0.1, 0.15) is 11.1 Å². The molecule has 1 aromatic heterocycles. The molecular formula is C7H11B2N. The van der Waals surface area contributed by atoms with Gasteiger partial charge in [-0.2, -0.15) is 0 Å². The lowest BCUT2D eigenvalue weighted by molar-refractivity contribution is 1.29. The summed E-state index contributed by atoms with van der Waals surface area (Å²) in [6.45, 7) is 4.25. The molecule has 0 unspecified atom stereocenters. The van der Waals surface area contributed by atoms with E-state index >= 15 is 0 Å². The Morgan fingerprint density at radius 2 is 1.80 bits per heavy atom. The molecule has 0 bridgehead atoms. The van der Waals surface area contributed by atoms with Gasteiger partial charge in [0, 0.05) is 6.20 Å². The summed E-state index contributed by atoms with van der Waals surface area (Å²) in [6.07, 6.45) is 1.93. The molecule has 0 amide bonds. The molecule has 1 nitrogen and oxygen atoms in total. The second-order valence-electron chi connectivity index (χ2n) is 2.78. The Kier molecular flexibility index (Phi) is 1.84. The molecule has 0 aliphatic carbocycles. The lowest BCUT2D eigenvalue weighted by atomic mass is 9.86. The molecule has 0 aliphatic rings. The van der Waals surface area contributed by atoms with Crippen LogP contribution >= 0.6 is 0 Å². The van der Waals surface area contributed by atoms with Gasteiger partial charge in [-0.05, 0) is 25.0 Å². The Labute approximate surface area is 63.7 Å². The molecule has 3 heteroatoms. The molecule has 1 heterocycles. The summed E-state index contributed by atoms with van der Waals surface area (Å²) in [4.78, 5) is 4.24. The Bertz CT molecular complexity index is 231. The van der Waals surface area contributed by atoms with Crippen LogP contribution in [0.3, 0.4) is 0 Å². The van der Waals surface area contributed by atoms with Crippen molar-refractivity contribution >= 4 is 26.7 Å². The molecule has 0 aromatic carbocycles. The summed E-state index contributed by atoms with van der Waals surface area (Å²) in [5, 5.41) is 0. The smallest absolute Gasteiger partial charge is 0.164 e. The molecule has 1 aromatic rings. The average molecular weight is 131 g/mol. The highest BCUT2D eigenvalue weighted by molar-refractivity contribution is 6.35. The summed E-state index contributed by atoms with van der Waals surface area (Å²) in [6, 6.07) is 0. The lowest BCUT2D eigenvalue weighted by Crippen LogP contribution is -2.21. The molecule has 10 heavy (non-hydrogen) atoms. The van der Waals surface area contributed by atoms with Crippen LogP contribution in [0, 0.1) is 13.8 Å². The summed E-state index contributed by atoms with van der Waals surface area (Å²) in [5.41, 5.74) is 5.11. The monoisotopic (exact) mass is 131 g/mol. The van der Waals surface area contributed by atoms with E-state index in [9.17, 15) is 0 Å². The zero-order valence-electron chi connectivity index (χ0n) is 7.02. The van der Waals surface area contributed by atoms with Gasteiger partial charge in [0.05, 0.1) is 0 Å². The predicted octanol–water partition coefficient (Wildman–Crippen LogP) is -1.78. The number of rotatable bonds is 0. The van der Waals surface area contributed by atoms with Crippen molar-refractivity contribution in [1.82, 2.24) is 4.98 Å². The van der Waals surface area contributed by atoms with Gasteiger partial charge in [-0.25, -0.2) is 0 Å². The highest BCUT2D eigenvalue weighted by atomic mass is 14.6. The van der Waals surface area contributed by atoms with Gasteiger partial charge in [-0.1, -0.05) is 11.0 Å². The van der Waals surface area contributed by atoms with Crippen LogP contribution < -0.4 is 11.1 Å². The highest BCUT2D eigenvalue weighted by Crippen LogP contribution is 1.94. The maximum atomic E-state index is 4.24. The summed E-state index contributed by atoms with van der Waals surface area (Å²) in [7, 11) is 4.14. The van der Waals surface area contributed by atoms with Gasteiger partial charge in [-0.3, -0.25) is 4.98 Å². The Morgan fingerprint density at radius 1 is 1.20 bits per heavy atom. The van der Waals surface area contributed by atoms with Crippen molar-refractivity contribution in [2.24, 2.45) is 0 Å². The first-order valence-corrected chi connectivity index (χ1v) is 3.52. The molecule has 0 N–H and O–H groups in total. The van der Waals surface area contributed by atoms with Crippen molar-refractivity contribution in [3.8, 4) is 0 Å². The number of hydrogen-bond acceptors (Lipinski definition) is 1. The fourth-order valence-electron chi connectivity index (χ4n) is 0.954. The van der Waals surface area contributed by atoms with Crippen LogP contribution in [0.15, 0.2) is 6.20 Å². The van der Waals surface area contributed by atoms with Crippen molar-refractivity contribution in [1.29, 1.82) is 0 Å². The first-order chi connectivity index (χ1) is 4.63. The zero-order valence-corrected chi connectivity index (χ0v) is 7.02. The van der Waals surface area contributed by atoms with E-state index in [4.69, 9.17) is 0 Å². The lowest BCUT2D eigenvalue weighted by Gasteiger charge is -2.05. The van der Waals surface area contributed by atoms with Crippen molar-refractivity contribution in [2.75, 3.05) is 0 Å². The van der Waals surface area contributed by atoms with Gasteiger partial charge in [0.15, 0.2) is 7.85 Å². The molecular weight excluding hydrogens is 120 g/mol. The van der Waals surface area contributed by atoms with Gasteiger partial charge in [0.1, 0.15) is 7.85 Å². The maximum absolute atomic E-state index is 4.24. The molecule has 0 atom stereocenters. The molecule has 0 radical (unpaired) electrons. The molecule has 0 aliphatic heterocycles. The summed E-state index contributed by atoms with van der Waals surface area (Å²) >= 11 is 0. The van der Waals surface area contributed by atoms with Crippen LogP contribution in [0.2, 0.25) is 0 Å². The third-order valence-corrected chi connectivity index (χ3v) is 2.15. The van der Waals surface area contributed by atoms with E-state index in [0.29, 0.717) is 0 Å². The number of hydrogen-bond donors (Lipinski definition) is 0. The van der Waals surface area contributed by atoms with E-state index in [2.05, 4.69) is 26.7 Å². The van der Waals surface area contributed by atoms with Crippen molar-refractivity contribution in [3.05, 3.63) is 17.3 Å². The van der Waals surface area contributed by atoms with Gasteiger partial charge < -0.3 is 0 Å². The standard InChI is InChI=1S/C7H11B2N/c1-4-5(2)7(9)10-3-6(4)8/h3H,8-9H2,1-2H3. The van der Waals surface area contributed by atoms with Crippen LogP contribution in [0.25, 0.3) is 0 Å². The first-order valence-electron chi connectivity index (χ1n) is 3.52. The Balaban J connectivity index is 3.34. The quantitative estimate of drug-likeness (QED) is 0.379. The molecule has 0 spiro atoms. The molecule has 1 rings (SSSR count). The maximum Gasteiger partial charge on any atom is 0.164 e. The summed E-state index contributed by atoms with van der Waals surface area (Å²) in [5.74, 6) is 0. The fraction of sp³-hybridized carbons (Fsp3) is 0.286. The van der Waals surface area contributed by atoms with Crippen LogP contribution in [-0.4, -0.2) is 20.7 Å². The van der Waals surface area contributed by atoms with Gasteiger partial charge in [-0.15, -0.1) is 0 Å². The van der Waals surface area contributed by atoms with Crippen molar-refractivity contribution in [2.45, 2.75) is 13.8 Å². The number of aromatic nitrogens is 1. The normalized spacial score (nSPS) is 9.80. The number of nitrogens with zero attached hydrogens (tertiary/aromatic N) is 1. The minimum Gasteiger partial charge on any atom is -0.272 e. The largest absolute Gasteiger partial charge is 0.272 e. The Hall–Kier alpha value is -0.720. The zero-order chi connectivity index (χ0) is 7.72. The molecule has 0 saturated heterocycles. The second kappa shape index (κ2) is 2.49. The van der Waals surface area contributed by atoms with E-state index < -0.39 is 0 Å². The third-order valence-electron chi connectivity index (χ3n) is 2.15. The fourth-order valence-corrected chi connectivity index (χ4v) is 0.954. The molecule has 0 fully saturated rings. The SMILES string of the molecule is Bc1cnc(B)c(C)c1C. The third kappa shape index (κ3) is 1.08. The van der Waals surface area contributed by atoms with E-state index in [-0.39, 0.29) is 0 Å². The van der Waals surface area contributed by atoms with Crippen molar-refractivity contribution in [3.63, 3.8) is 0 Å². The van der Waals surface area contributed by atoms with Gasteiger partial charge in [0.2, 0.25) is 0 Å². The average Bonchev–Trinajstić information content (AvgIpc) is 1.93. The molecule has 0 saturated carbocycles. The number of pyridine rings is 1. The Morgan fingerprint density at radius 3 is 2.30 bits per heavy atom. The van der Waals surface area contributed by atoms with Crippen LogP contribution in [0.5, 0.6) is 0 Å². The topological polar surface area (TPSA) is 12.9 Å². The molecule has 50 valence electrons. The van der Waals surface area contributed by atoms with Crippen LogP contribution in [0.4, 0.5) is 0 Å². The van der Waals surface area contributed by atoms with Crippen LogP contribution in [-0.2, 0) is 0 Å². The van der Waals surface area contributed by atoms with E-state index in [1.54, 1.807) is 0 Å². The first kappa shape index (κ1) is 7.39. The summed E-state index contributed by atoms with van der Waals surface area (Å²) < 4.78 is 0. The van der Waals surface area contributed by atoms with E-state index in [0.717, 1.165) is 5.59 Å². The predicted molar refractivity (Wildman–Crippen MR) is 50.1 cm³/mol. The minimum atomic E-state index is 1.14. The second-order valence-corrected chi connectivity index (χ2v) is 2.78.